The van der Waals surface area contributed by atoms with Gasteiger partial charge in [-0.05, 0) is 168 Å². The Balaban J connectivity index is 0.000000141. The third kappa shape index (κ3) is 24.2. The van der Waals surface area contributed by atoms with Crippen molar-refractivity contribution >= 4 is 134 Å². The molecule has 22 rings (SSSR count). The monoisotopic (exact) mass is 1830 g/mol. The van der Waals surface area contributed by atoms with Crippen molar-refractivity contribution in [2.75, 3.05) is 0 Å². The number of cyclic esters (lactones) is 3. The van der Waals surface area contributed by atoms with Crippen LogP contribution in [0.25, 0.3) is 0 Å². The first-order valence-corrected chi connectivity index (χ1v) is 47.1. The molecule has 20 aliphatic rings. The van der Waals surface area contributed by atoms with Gasteiger partial charge in [0.2, 0.25) is 0 Å². The Hall–Kier alpha value is -11.9. The fourth-order valence-electron chi connectivity index (χ4n) is 22.0. The first-order valence-electron chi connectivity index (χ1n) is 47.1. The van der Waals surface area contributed by atoms with Crippen LogP contribution in [0.4, 0.5) is 0 Å². The minimum atomic E-state index is -0.488. The van der Waals surface area contributed by atoms with E-state index >= 15 is 0 Å². The molecular weight excluding hydrogens is 1710 g/mol. The van der Waals surface area contributed by atoms with Crippen molar-refractivity contribution in [2.45, 2.75) is 240 Å². The zero-order chi connectivity index (χ0) is 97.6. The molecular formula is C108H120O26. The van der Waals surface area contributed by atoms with Crippen LogP contribution in [0.2, 0.25) is 0 Å². The van der Waals surface area contributed by atoms with Crippen LogP contribution >= 0.6 is 0 Å². The van der Waals surface area contributed by atoms with Crippen LogP contribution < -0.4 is 0 Å². The molecule has 0 radical (unpaired) electrons. The smallest absolute Gasteiger partial charge is 0.318 e. The molecule has 0 N–H and O–H groups in total. The number of esters is 3. The lowest BCUT2D eigenvalue weighted by Crippen LogP contribution is -2.34. The highest BCUT2D eigenvalue weighted by molar-refractivity contribution is 6.25. The van der Waals surface area contributed by atoms with E-state index in [1.54, 1.807) is 38.1 Å². The Morgan fingerprint density at radius 2 is 1.01 bits per heavy atom. The Morgan fingerprint density at radius 1 is 0.463 bits per heavy atom. The molecule has 0 amide bonds. The molecule has 2 aromatic rings. The van der Waals surface area contributed by atoms with Gasteiger partial charge in [-0.15, -0.1) is 0 Å². The van der Waals surface area contributed by atoms with E-state index in [1.807, 2.05) is 87.6 Å². The summed E-state index contributed by atoms with van der Waals surface area (Å²) in [5, 5.41) is 0. The molecule has 134 heavy (non-hydrogen) atoms. The number of Topliss-reactive ketones (excluding diaryl/α,β-unsaturated/α-hetero) is 17. The van der Waals surface area contributed by atoms with Crippen LogP contribution in [0.15, 0.2) is 163 Å². The normalized spacial score (nSPS) is 32.1. The van der Waals surface area contributed by atoms with E-state index in [2.05, 4.69) is 46.1 Å². The van der Waals surface area contributed by atoms with E-state index in [0.29, 0.717) is 64.0 Å². The maximum Gasteiger partial charge on any atom is 0.318 e. The van der Waals surface area contributed by atoms with Gasteiger partial charge in [0.25, 0.3) is 0 Å². The van der Waals surface area contributed by atoms with Gasteiger partial charge in [-0.25, -0.2) is 0 Å². The Kier molecular flexibility index (Phi) is 34.8. The summed E-state index contributed by atoms with van der Waals surface area (Å²) in [7, 11) is 0. The summed E-state index contributed by atoms with van der Waals surface area (Å²) in [5.74, 6) is 3.11. The number of allylic oxidation sites excluding steroid dienone is 14. The second-order valence-corrected chi connectivity index (χ2v) is 38.5. The number of benzene rings is 2. The van der Waals surface area contributed by atoms with Gasteiger partial charge in [-0.2, -0.15) is 0 Å². The zero-order valence-electron chi connectivity index (χ0n) is 77.5. The fraction of sp³-hybridized carbons (Fsp3) is 0.509. The first kappa shape index (κ1) is 103. The van der Waals surface area contributed by atoms with Gasteiger partial charge in [-0.1, -0.05) is 164 Å². The molecule has 3 saturated heterocycles. The van der Waals surface area contributed by atoms with E-state index in [1.165, 1.54) is 18.2 Å². The molecule has 12 fully saturated rings. The summed E-state index contributed by atoms with van der Waals surface area (Å²) < 4.78 is 15.2. The summed E-state index contributed by atoms with van der Waals surface area (Å²) in [4.78, 5) is 254. The zero-order valence-corrected chi connectivity index (χ0v) is 77.5. The summed E-state index contributed by atoms with van der Waals surface area (Å²) in [6.45, 7) is 22.7. The highest BCUT2D eigenvalue weighted by Crippen LogP contribution is 2.55. The van der Waals surface area contributed by atoms with Crippen molar-refractivity contribution in [1.29, 1.82) is 0 Å². The van der Waals surface area contributed by atoms with Gasteiger partial charge >= 0.3 is 17.9 Å². The van der Waals surface area contributed by atoms with Gasteiger partial charge in [-0.3, -0.25) is 110 Å². The number of carbonyl (C=O) groups is 23. The fourth-order valence-corrected chi connectivity index (χ4v) is 22.0. The Labute approximate surface area is 779 Å². The van der Waals surface area contributed by atoms with Gasteiger partial charge in [0.1, 0.15) is 69.4 Å². The van der Waals surface area contributed by atoms with Gasteiger partial charge < -0.3 is 14.2 Å². The van der Waals surface area contributed by atoms with Gasteiger partial charge in [0, 0.05) is 82.5 Å². The van der Waals surface area contributed by atoms with Crippen molar-refractivity contribution in [2.24, 2.45) is 107 Å². The van der Waals surface area contributed by atoms with Crippen molar-refractivity contribution in [3.63, 3.8) is 0 Å². The number of hydrogen-bond donors (Lipinski definition) is 0. The van der Waals surface area contributed by atoms with Crippen LogP contribution in [0.3, 0.4) is 0 Å². The predicted molar refractivity (Wildman–Crippen MR) is 487 cm³/mol. The topological polar surface area (TPSA) is 420 Å². The second kappa shape index (κ2) is 45.4. The number of carbonyl (C=O) groups excluding carboxylic acids is 23. The van der Waals surface area contributed by atoms with Crippen LogP contribution in [0.1, 0.15) is 255 Å². The Bertz CT molecular complexity index is 5280. The van der Waals surface area contributed by atoms with E-state index in [9.17, 15) is 110 Å². The van der Waals surface area contributed by atoms with Crippen LogP contribution in [-0.4, -0.2) is 145 Å². The van der Waals surface area contributed by atoms with Crippen LogP contribution in [0, 0.1) is 107 Å². The molecule has 16 aliphatic carbocycles. The van der Waals surface area contributed by atoms with Crippen molar-refractivity contribution in [3.05, 3.63) is 179 Å². The van der Waals surface area contributed by atoms with E-state index in [-0.39, 0.29) is 287 Å². The maximum absolute atomic E-state index is 11.7. The SMILES string of the molecule is C=C1CC(=O)CC1=O.C=C1OC(=O)C(CCC)C1C.CC/C=C/CC1CC(=O)CC1=O.CC12C=CC(O1)C1C(=O)CC(=O)C12.CC1=CC(=O)CC1=O.CC1CCC2C(=O)CC(=O)C2C1.CCC(c1ccccc1)C1C(=O)OC(=O)C1C.O=C1C=CC(=O)C1.O=C1CC(=O)C2=C1C1CCC2C1.O=C1CC(=O)C2C3C=CC(C3)C12.O=C1CC(=O)C2CC=CCC12.O=C1CC(=O)c2ccccc21. The largest absolute Gasteiger partial charge is 0.431 e. The summed E-state index contributed by atoms with van der Waals surface area (Å²) in [6, 6.07) is 16.8. The van der Waals surface area contributed by atoms with E-state index in [4.69, 9.17) is 14.2 Å². The van der Waals surface area contributed by atoms with Crippen molar-refractivity contribution < 1.29 is 124 Å². The van der Waals surface area contributed by atoms with Crippen molar-refractivity contribution in [3.8, 4) is 0 Å². The lowest BCUT2D eigenvalue weighted by atomic mass is 9.76. The number of ether oxygens (including phenoxy) is 3. The summed E-state index contributed by atoms with van der Waals surface area (Å²) in [5.41, 5.74) is 4.68. The molecule has 26 heteroatoms. The minimum Gasteiger partial charge on any atom is -0.431 e. The molecule has 6 bridgehead atoms. The quantitative estimate of drug-likeness (QED) is 0.102. The average Bonchev–Trinajstić information content (AvgIpc) is 1.53. The van der Waals surface area contributed by atoms with E-state index in [0.717, 1.165) is 107 Å². The first-order chi connectivity index (χ1) is 63.6. The highest BCUT2D eigenvalue weighted by Gasteiger charge is 2.63. The second-order valence-electron chi connectivity index (χ2n) is 38.5. The third-order valence-corrected chi connectivity index (χ3v) is 29.1. The molecule has 708 valence electrons. The number of rotatable bonds is 8. The van der Waals surface area contributed by atoms with Crippen LogP contribution in [-0.2, 0) is 115 Å². The van der Waals surface area contributed by atoms with E-state index < -0.39 is 11.6 Å². The molecule has 9 saturated carbocycles. The Morgan fingerprint density at radius 3 is 1.46 bits per heavy atom. The lowest BCUT2D eigenvalue weighted by molar-refractivity contribution is -0.154. The summed E-state index contributed by atoms with van der Waals surface area (Å²) >= 11 is 0. The average molecular weight is 1830 g/mol. The highest BCUT2D eigenvalue weighted by atomic mass is 16.6. The third-order valence-electron chi connectivity index (χ3n) is 29.1. The standard InChI is InChI=1S/C14H16O3.C10H10O3.2C10H10O2.2C10H14O2.C9H10O2.C9H6O2.C9H14O2.2C6H6O2.C5H4O2/c1-3-11(10-7-5-4-6-8-10)12-9(2)13(15)17-14(12)16;1-10-3-2-7(13-10)8-5(11)4-6(12)9(8)10;2*11-7-4-8(12)10-6-2-1-5(3-6)9(7)10;1-6-2-3-7-8(4-6)10(12)5-9(7)11;1-2-3-4-5-8-6-9(11)7-10(8)12;2*10-8-5-9(11)7-4-2-1-3-6(7)8;1-4-5-8-6(2)7(3)11-9(8)10;2*1-4-2-5(7)3-6(4)8;6-4-1-2-5(7)3-4/h4-9,11-12H,3H2,1-2H3;2-3,7-9H,4H2,1H3;5-6H,1-4H2;1-2,5-6,9-10H,3-4H2;6-8H,2-5H2,1H3;3-4,8H,2,5-7H2,1H3;1-2,6-7H,3-5H2;1-4H,5H2;6,8H,3-5H2,1-2H3;2H,3H2,1H3;1-3H2;1-2H,3H2/b;;;;;4-3+;;;;;;. The molecule has 26 nitrogen and oxygen atoms in total. The predicted octanol–water partition coefficient (Wildman–Crippen LogP) is 14.4. The lowest BCUT2D eigenvalue weighted by Gasteiger charge is -2.27. The molecule has 0 aromatic heterocycles. The van der Waals surface area contributed by atoms with Crippen LogP contribution in [0.5, 0.6) is 0 Å². The number of fused-ring (bicyclic) bond motifs is 17. The van der Waals surface area contributed by atoms with Gasteiger partial charge in [0.15, 0.2) is 52.0 Å². The number of ketones is 20. The number of hydrogen-bond acceptors (Lipinski definition) is 26. The van der Waals surface area contributed by atoms with Gasteiger partial charge in [0.05, 0.1) is 106 Å². The molecule has 21 unspecified atom stereocenters. The summed E-state index contributed by atoms with van der Waals surface area (Å²) in [6.07, 6.45) is 35.7. The minimum absolute atomic E-state index is 0.000000000000000222. The van der Waals surface area contributed by atoms with Crippen molar-refractivity contribution in [1.82, 2.24) is 0 Å². The maximum atomic E-state index is 11.7. The molecule has 0 spiro atoms. The molecule has 4 aliphatic heterocycles. The molecule has 4 heterocycles. The molecule has 21 atom stereocenters. The molecule has 2 aromatic carbocycles.